The minimum Gasteiger partial charge on any atom is -0.461 e. The van der Waals surface area contributed by atoms with E-state index in [4.69, 9.17) is 4.74 Å². The largest absolute Gasteiger partial charge is 0.461 e. The zero-order valence-electron chi connectivity index (χ0n) is 14.1. The minimum absolute atomic E-state index is 0.0109. The van der Waals surface area contributed by atoms with Gasteiger partial charge in [-0.25, -0.2) is 0 Å². The third kappa shape index (κ3) is 9.89. The van der Waals surface area contributed by atoms with Crippen molar-refractivity contribution in [3.05, 3.63) is 6.54 Å². The predicted octanol–water partition coefficient (Wildman–Crippen LogP) is 4.71. The standard InChI is InChI=1S/C18H34NO2/c1-3-4-5-6-7-8-9-10-11-12-13-18(20)21-17-14-15-19(2)16-17/h15,17H,3-14,16H2,1-2H3. The number of unbranched alkanes of at least 4 members (excludes halogenated alkanes) is 9. The summed E-state index contributed by atoms with van der Waals surface area (Å²) in [5, 5.41) is 0. The number of likely N-dealkylation sites (tertiary alicyclic amines) is 1. The van der Waals surface area contributed by atoms with Crippen LogP contribution in [0.3, 0.4) is 0 Å². The SMILES string of the molecule is CCCCCCCCCCCCC(=O)OC1C[CH]N(C)C1. The first-order valence-electron chi connectivity index (χ1n) is 8.95. The Kier molecular flexibility index (Phi) is 10.6. The van der Waals surface area contributed by atoms with Gasteiger partial charge >= 0.3 is 5.97 Å². The Morgan fingerprint density at radius 3 is 2.14 bits per heavy atom. The minimum atomic E-state index is -0.0109. The second-order valence-electron chi connectivity index (χ2n) is 6.40. The first kappa shape index (κ1) is 18.5. The Bertz CT molecular complexity index is 268. The molecule has 1 saturated heterocycles. The second kappa shape index (κ2) is 12.0. The summed E-state index contributed by atoms with van der Waals surface area (Å²) in [6.07, 6.45) is 14.5. The number of rotatable bonds is 12. The van der Waals surface area contributed by atoms with Crippen LogP contribution >= 0.6 is 0 Å². The van der Waals surface area contributed by atoms with E-state index in [1.165, 1.54) is 57.8 Å². The van der Waals surface area contributed by atoms with E-state index in [0.717, 1.165) is 19.4 Å². The van der Waals surface area contributed by atoms with E-state index in [1.807, 2.05) is 7.05 Å². The third-order valence-electron chi connectivity index (χ3n) is 4.20. The van der Waals surface area contributed by atoms with Crippen molar-refractivity contribution in [1.82, 2.24) is 4.90 Å². The van der Waals surface area contributed by atoms with Crippen molar-refractivity contribution in [2.75, 3.05) is 13.6 Å². The molecule has 0 bridgehead atoms. The first-order chi connectivity index (χ1) is 10.2. The second-order valence-corrected chi connectivity index (χ2v) is 6.40. The number of likely N-dealkylation sites (N-methyl/N-ethyl adjacent to an activating group) is 1. The van der Waals surface area contributed by atoms with E-state index in [2.05, 4.69) is 18.4 Å². The number of esters is 1. The molecule has 1 unspecified atom stereocenters. The Morgan fingerprint density at radius 2 is 1.62 bits per heavy atom. The molecule has 3 nitrogen and oxygen atoms in total. The van der Waals surface area contributed by atoms with Crippen molar-refractivity contribution in [1.29, 1.82) is 0 Å². The molecule has 0 spiro atoms. The summed E-state index contributed by atoms with van der Waals surface area (Å²) >= 11 is 0. The zero-order chi connectivity index (χ0) is 15.3. The molecule has 0 amide bonds. The summed E-state index contributed by atoms with van der Waals surface area (Å²) in [6.45, 7) is 5.20. The average molecular weight is 296 g/mol. The van der Waals surface area contributed by atoms with Crippen LogP contribution in [-0.2, 0) is 9.53 Å². The van der Waals surface area contributed by atoms with Gasteiger partial charge in [0.1, 0.15) is 6.10 Å². The zero-order valence-corrected chi connectivity index (χ0v) is 14.1. The van der Waals surface area contributed by atoms with Gasteiger partial charge in [0.25, 0.3) is 0 Å². The molecule has 1 aliphatic rings. The molecule has 1 heterocycles. The topological polar surface area (TPSA) is 29.5 Å². The Morgan fingerprint density at radius 1 is 1.05 bits per heavy atom. The summed E-state index contributed by atoms with van der Waals surface area (Å²) in [4.78, 5) is 13.8. The molecule has 21 heavy (non-hydrogen) atoms. The monoisotopic (exact) mass is 296 g/mol. The van der Waals surface area contributed by atoms with E-state index in [9.17, 15) is 4.79 Å². The molecule has 1 fully saturated rings. The lowest BCUT2D eigenvalue weighted by Crippen LogP contribution is -2.21. The fourth-order valence-corrected chi connectivity index (χ4v) is 2.85. The van der Waals surface area contributed by atoms with E-state index in [0.29, 0.717) is 6.42 Å². The summed E-state index contributed by atoms with van der Waals surface area (Å²) in [6, 6.07) is 0. The van der Waals surface area contributed by atoms with Gasteiger partial charge in [0.05, 0.1) is 0 Å². The van der Waals surface area contributed by atoms with Gasteiger partial charge in [0, 0.05) is 25.9 Å². The number of ether oxygens (including phenoxy) is 1. The van der Waals surface area contributed by atoms with E-state index < -0.39 is 0 Å². The van der Waals surface area contributed by atoms with Crippen molar-refractivity contribution in [2.24, 2.45) is 0 Å². The number of carbonyl (C=O) groups is 1. The molecule has 0 saturated carbocycles. The summed E-state index contributed by atoms with van der Waals surface area (Å²) in [5.41, 5.74) is 0. The molecule has 0 aliphatic carbocycles. The molecular formula is C18H34NO2. The maximum absolute atomic E-state index is 11.7. The van der Waals surface area contributed by atoms with Crippen molar-refractivity contribution in [3.63, 3.8) is 0 Å². The van der Waals surface area contributed by atoms with Gasteiger partial charge in [-0.3, -0.25) is 9.69 Å². The number of nitrogens with zero attached hydrogens (tertiary/aromatic N) is 1. The smallest absolute Gasteiger partial charge is 0.306 e. The normalized spacial score (nSPS) is 19.0. The maximum Gasteiger partial charge on any atom is 0.306 e. The highest BCUT2D eigenvalue weighted by Crippen LogP contribution is 2.16. The van der Waals surface area contributed by atoms with E-state index >= 15 is 0 Å². The Hall–Kier alpha value is -0.570. The Balaban J connectivity index is 1.82. The van der Waals surface area contributed by atoms with Crippen LogP contribution in [0.5, 0.6) is 0 Å². The molecule has 0 aromatic heterocycles. The van der Waals surface area contributed by atoms with Crippen LogP contribution in [-0.4, -0.2) is 30.6 Å². The van der Waals surface area contributed by atoms with Crippen molar-refractivity contribution >= 4 is 5.97 Å². The lowest BCUT2D eigenvalue weighted by atomic mass is 10.1. The van der Waals surface area contributed by atoms with Crippen LogP contribution in [0.15, 0.2) is 0 Å². The van der Waals surface area contributed by atoms with Crippen LogP contribution in [0.4, 0.5) is 0 Å². The number of carbonyl (C=O) groups excluding carboxylic acids is 1. The maximum atomic E-state index is 11.7. The van der Waals surface area contributed by atoms with Crippen molar-refractivity contribution in [3.8, 4) is 0 Å². The lowest BCUT2D eigenvalue weighted by molar-refractivity contribution is -0.148. The molecule has 0 aromatic rings. The number of hydrogen-bond acceptors (Lipinski definition) is 3. The van der Waals surface area contributed by atoms with Gasteiger partial charge in [0.2, 0.25) is 0 Å². The lowest BCUT2D eigenvalue weighted by Gasteiger charge is -2.12. The van der Waals surface area contributed by atoms with E-state index in [1.54, 1.807) is 0 Å². The van der Waals surface area contributed by atoms with Gasteiger partial charge in [-0.15, -0.1) is 0 Å². The number of hydrogen-bond donors (Lipinski definition) is 0. The van der Waals surface area contributed by atoms with Crippen LogP contribution in [0.25, 0.3) is 0 Å². The van der Waals surface area contributed by atoms with Crippen LogP contribution < -0.4 is 0 Å². The molecule has 1 rings (SSSR count). The molecule has 0 N–H and O–H groups in total. The van der Waals surface area contributed by atoms with Gasteiger partial charge in [-0.05, 0) is 13.5 Å². The fraction of sp³-hybridized carbons (Fsp3) is 0.889. The molecule has 1 radical (unpaired) electrons. The van der Waals surface area contributed by atoms with Crippen LogP contribution in [0.1, 0.15) is 84.0 Å². The van der Waals surface area contributed by atoms with Crippen LogP contribution in [0.2, 0.25) is 0 Å². The van der Waals surface area contributed by atoms with Crippen molar-refractivity contribution in [2.45, 2.75) is 90.1 Å². The highest BCUT2D eigenvalue weighted by Gasteiger charge is 2.22. The highest BCUT2D eigenvalue weighted by molar-refractivity contribution is 5.69. The summed E-state index contributed by atoms with van der Waals surface area (Å²) < 4.78 is 5.45. The third-order valence-corrected chi connectivity index (χ3v) is 4.20. The average Bonchev–Trinajstić information content (AvgIpc) is 2.86. The molecule has 3 heteroatoms. The van der Waals surface area contributed by atoms with Gasteiger partial charge in [0.15, 0.2) is 0 Å². The van der Waals surface area contributed by atoms with Gasteiger partial charge in [-0.2, -0.15) is 0 Å². The molecular weight excluding hydrogens is 262 g/mol. The van der Waals surface area contributed by atoms with Gasteiger partial charge < -0.3 is 4.74 Å². The summed E-state index contributed by atoms with van der Waals surface area (Å²) in [7, 11) is 2.02. The quantitative estimate of drug-likeness (QED) is 0.386. The van der Waals surface area contributed by atoms with Gasteiger partial charge in [-0.1, -0.05) is 64.7 Å². The molecule has 0 aromatic carbocycles. The van der Waals surface area contributed by atoms with Crippen LogP contribution in [0, 0.1) is 6.54 Å². The molecule has 1 atom stereocenters. The Labute approximate surface area is 131 Å². The van der Waals surface area contributed by atoms with Crippen molar-refractivity contribution < 1.29 is 9.53 Å². The molecule has 1 aliphatic heterocycles. The predicted molar refractivity (Wildman–Crippen MR) is 87.9 cm³/mol. The fourth-order valence-electron chi connectivity index (χ4n) is 2.85. The first-order valence-corrected chi connectivity index (χ1v) is 8.95. The molecule has 123 valence electrons. The highest BCUT2D eigenvalue weighted by atomic mass is 16.5. The summed E-state index contributed by atoms with van der Waals surface area (Å²) in [5.74, 6) is -0.0109. The van der Waals surface area contributed by atoms with E-state index in [-0.39, 0.29) is 12.1 Å².